The Morgan fingerprint density at radius 3 is 2.84 bits per heavy atom. The van der Waals surface area contributed by atoms with Crippen molar-refractivity contribution < 1.29 is 9.53 Å². The molecule has 19 heavy (non-hydrogen) atoms. The molecule has 0 radical (unpaired) electrons. The summed E-state index contributed by atoms with van der Waals surface area (Å²) in [5.41, 5.74) is 3.23. The first kappa shape index (κ1) is 15.7. The number of carbonyl (C=O) groups is 1. The van der Waals surface area contributed by atoms with Gasteiger partial charge in [-0.25, -0.2) is 0 Å². The Labute approximate surface area is 115 Å². The largest absolute Gasteiger partial charge is 0.385 e. The summed E-state index contributed by atoms with van der Waals surface area (Å²) in [6.07, 6.45) is 1.83. The van der Waals surface area contributed by atoms with Crippen molar-refractivity contribution in [1.29, 1.82) is 0 Å². The van der Waals surface area contributed by atoms with Gasteiger partial charge in [-0.2, -0.15) is 0 Å². The van der Waals surface area contributed by atoms with Crippen LogP contribution in [0.15, 0.2) is 18.2 Å². The zero-order valence-electron chi connectivity index (χ0n) is 12.1. The zero-order chi connectivity index (χ0) is 14.1. The molecule has 4 heteroatoms. The topological polar surface area (TPSA) is 50.4 Å². The highest BCUT2D eigenvalue weighted by molar-refractivity contribution is 5.93. The molecule has 1 aromatic carbocycles. The molecule has 0 unspecified atom stereocenters. The van der Waals surface area contributed by atoms with E-state index in [1.165, 1.54) is 5.56 Å². The number of ether oxygens (including phenoxy) is 1. The molecule has 1 amide bonds. The van der Waals surface area contributed by atoms with Gasteiger partial charge in [-0.05, 0) is 37.4 Å². The summed E-state index contributed by atoms with van der Waals surface area (Å²) in [6, 6.07) is 6.09. The minimum absolute atomic E-state index is 0.00131. The Bertz CT molecular complexity index is 405. The zero-order valence-corrected chi connectivity index (χ0v) is 12.1. The fraction of sp³-hybridized carbons (Fsp3) is 0.533. The van der Waals surface area contributed by atoms with E-state index in [1.807, 2.05) is 19.1 Å². The van der Waals surface area contributed by atoms with Crippen molar-refractivity contribution in [3.05, 3.63) is 29.3 Å². The monoisotopic (exact) mass is 264 g/mol. The van der Waals surface area contributed by atoms with Gasteiger partial charge in [0.1, 0.15) is 0 Å². The van der Waals surface area contributed by atoms with E-state index in [9.17, 15) is 4.79 Å². The minimum Gasteiger partial charge on any atom is -0.385 e. The highest BCUT2D eigenvalue weighted by atomic mass is 16.5. The first-order chi connectivity index (χ1) is 9.19. The standard InChI is InChI=1S/C15H24N2O2/c1-4-13-8-5-7-12(2)15(13)17-14(18)11-16-9-6-10-19-3/h5,7-8,16H,4,6,9-11H2,1-3H3,(H,17,18). The van der Waals surface area contributed by atoms with Gasteiger partial charge >= 0.3 is 0 Å². The number of hydrogen-bond donors (Lipinski definition) is 2. The lowest BCUT2D eigenvalue weighted by atomic mass is 10.1. The molecule has 0 aliphatic rings. The van der Waals surface area contributed by atoms with Crippen LogP contribution < -0.4 is 10.6 Å². The first-order valence-corrected chi connectivity index (χ1v) is 6.77. The van der Waals surface area contributed by atoms with Crippen LogP contribution in [0.4, 0.5) is 5.69 Å². The fourth-order valence-corrected chi connectivity index (χ4v) is 1.93. The number of rotatable bonds is 8. The second kappa shape index (κ2) is 8.67. The molecule has 2 N–H and O–H groups in total. The first-order valence-electron chi connectivity index (χ1n) is 6.77. The number of methoxy groups -OCH3 is 1. The van der Waals surface area contributed by atoms with Crippen molar-refractivity contribution in [2.75, 3.05) is 32.1 Å². The van der Waals surface area contributed by atoms with Crippen LogP contribution in [0.3, 0.4) is 0 Å². The summed E-state index contributed by atoms with van der Waals surface area (Å²) in [7, 11) is 1.68. The van der Waals surface area contributed by atoms with Gasteiger partial charge in [0.2, 0.25) is 5.91 Å². The summed E-state index contributed by atoms with van der Waals surface area (Å²) in [4.78, 5) is 11.9. The molecule has 1 rings (SSSR count). The Morgan fingerprint density at radius 2 is 2.16 bits per heavy atom. The lowest BCUT2D eigenvalue weighted by Crippen LogP contribution is -2.29. The quantitative estimate of drug-likeness (QED) is 0.707. The van der Waals surface area contributed by atoms with Crippen LogP contribution in [0.1, 0.15) is 24.5 Å². The highest BCUT2D eigenvalue weighted by Gasteiger charge is 2.07. The summed E-state index contributed by atoms with van der Waals surface area (Å²) in [5, 5.41) is 6.09. The van der Waals surface area contributed by atoms with Gasteiger partial charge < -0.3 is 15.4 Å². The van der Waals surface area contributed by atoms with Gasteiger partial charge in [0.15, 0.2) is 0 Å². The maximum atomic E-state index is 11.9. The van der Waals surface area contributed by atoms with E-state index in [0.717, 1.165) is 30.6 Å². The maximum absolute atomic E-state index is 11.9. The Hall–Kier alpha value is -1.39. The van der Waals surface area contributed by atoms with Gasteiger partial charge in [0, 0.05) is 19.4 Å². The molecule has 0 bridgehead atoms. The summed E-state index contributed by atoms with van der Waals surface area (Å²) < 4.78 is 4.95. The van der Waals surface area contributed by atoms with Crippen molar-refractivity contribution in [1.82, 2.24) is 5.32 Å². The molecule has 1 aromatic rings. The highest BCUT2D eigenvalue weighted by Crippen LogP contribution is 2.20. The third kappa shape index (κ3) is 5.41. The molecule has 0 spiro atoms. The molecule has 0 aliphatic heterocycles. The molecular formula is C15H24N2O2. The molecule has 4 nitrogen and oxygen atoms in total. The molecular weight excluding hydrogens is 240 g/mol. The number of nitrogens with one attached hydrogen (secondary N) is 2. The van der Waals surface area contributed by atoms with Gasteiger partial charge in [0.05, 0.1) is 6.54 Å². The number of carbonyl (C=O) groups excluding carboxylic acids is 1. The van der Waals surface area contributed by atoms with Gasteiger partial charge in [-0.3, -0.25) is 4.79 Å². The third-order valence-electron chi connectivity index (χ3n) is 2.99. The van der Waals surface area contributed by atoms with Crippen LogP contribution in [-0.4, -0.2) is 32.7 Å². The normalized spacial score (nSPS) is 10.5. The van der Waals surface area contributed by atoms with E-state index in [4.69, 9.17) is 4.74 Å². The van der Waals surface area contributed by atoms with Gasteiger partial charge in [-0.1, -0.05) is 25.1 Å². The van der Waals surface area contributed by atoms with E-state index in [0.29, 0.717) is 13.2 Å². The van der Waals surface area contributed by atoms with Crippen LogP contribution in [0.2, 0.25) is 0 Å². The van der Waals surface area contributed by atoms with E-state index >= 15 is 0 Å². The summed E-state index contributed by atoms with van der Waals surface area (Å²) >= 11 is 0. The Morgan fingerprint density at radius 1 is 1.37 bits per heavy atom. The Balaban J connectivity index is 2.44. The van der Waals surface area contributed by atoms with Gasteiger partial charge in [-0.15, -0.1) is 0 Å². The average Bonchev–Trinajstić information content (AvgIpc) is 2.41. The smallest absolute Gasteiger partial charge is 0.238 e. The fourth-order valence-electron chi connectivity index (χ4n) is 1.93. The number of benzene rings is 1. The van der Waals surface area contributed by atoms with Crippen LogP contribution in [0, 0.1) is 6.92 Å². The third-order valence-corrected chi connectivity index (χ3v) is 2.99. The van der Waals surface area contributed by atoms with Crippen LogP contribution in [0.25, 0.3) is 0 Å². The van der Waals surface area contributed by atoms with Crippen molar-refractivity contribution in [2.45, 2.75) is 26.7 Å². The molecule has 0 saturated heterocycles. The lowest BCUT2D eigenvalue weighted by Gasteiger charge is -2.13. The van der Waals surface area contributed by atoms with Crippen LogP contribution >= 0.6 is 0 Å². The molecule has 106 valence electrons. The predicted octanol–water partition coefficient (Wildman–Crippen LogP) is 2.12. The second-order valence-electron chi connectivity index (χ2n) is 4.53. The molecule has 0 atom stereocenters. The Kier molecular flexibility index (Phi) is 7.15. The summed E-state index contributed by atoms with van der Waals surface area (Å²) in [6.45, 7) is 5.94. The maximum Gasteiger partial charge on any atom is 0.238 e. The number of aryl methyl sites for hydroxylation is 2. The molecule has 0 heterocycles. The molecule has 0 aromatic heterocycles. The van der Waals surface area contributed by atoms with E-state index in [-0.39, 0.29) is 5.91 Å². The van der Waals surface area contributed by atoms with Crippen LogP contribution in [-0.2, 0) is 16.0 Å². The number of amides is 1. The molecule has 0 aliphatic carbocycles. The van der Waals surface area contributed by atoms with E-state index in [1.54, 1.807) is 7.11 Å². The number of hydrogen-bond acceptors (Lipinski definition) is 3. The van der Waals surface area contributed by atoms with Crippen molar-refractivity contribution >= 4 is 11.6 Å². The van der Waals surface area contributed by atoms with E-state index in [2.05, 4.69) is 23.6 Å². The second-order valence-corrected chi connectivity index (χ2v) is 4.53. The lowest BCUT2D eigenvalue weighted by molar-refractivity contribution is -0.115. The van der Waals surface area contributed by atoms with Crippen molar-refractivity contribution in [2.24, 2.45) is 0 Å². The van der Waals surface area contributed by atoms with Crippen LogP contribution in [0.5, 0.6) is 0 Å². The van der Waals surface area contributed by atoms with E-state index < -0.39 is 0 Å². The molecule has 0 saturated carbocycles. The number of anilines is 1. The van der Waals surface area contributed by atoms with Crippen molar-refractivity contribution in [3.8, 4) is 0 Å². The predicted molar refractivity (Wildman–Crippen MR) is 78.5 cm³/mol. The van der Waals surface area contributed by atoms with Crippen molar-refractivity contribution in [3.63, 3.8) is 0 Å². The minimum atomic E-state index is 0.00131. The SMILES string of the molecule is CCc1cccc(C)c1NC(=O)CNCCCOC. The molecule has 0 fully saturated rings. The number of para-hydroxylation sites is 1. The average molecular weight is 264 g/mol. The van der Waals surface area contributed by atoms with Gasteiger partial charge in [0.25, 0.3) is 0 Å². The summed E-state index contributed by atoms with van der Waals surface area (Å²) in [5.74, 6) is 0.00131.